The van der Waals surface area contributed by atoms with E-state index in [1.54, 1.807) is 13.3 Å². The van der Waals surface area contributed by atoms with Crippen molar-refractivity contribution in [2.24, 2.45) is 0 Å². The summed E-state index contributed by atoms with van der Waals surface area (Å²) in [6.07, 6.45) is 10.2. The molecule has 0 bridgehead atoms. The summed E-state index contributed by atoms with van der Waals surface area (Å²) in [6, 6.07) is 6.44. The van der Waals surface area contributed by atoms with E-state index in [4.69, 9.17) is 14.5 Å². The van der Waals surface area contributed by atoms with E-state index >= 15 is 0 Å². The summed E-state index contributed by atoms with van der Waals surface area (Å²) in [5.74, 6) is 1.15. The first-order chi connectivity index (χ1) is 15.4. The highest BCUT2D eigenvalue weighted by molar-refractivity contribution is 6.58. The molecule has 0 aliphatic heterocycles. The van der Waals surface area contributed by atoms with Crippen molar-refractivity contribution in [1.29, 1.82) is 0 Å². The molecule has 0 atom stereocenters. The van der Waals surface area contributed by atoms with Gasteiger partial charge >= 0.3 is 0 Å². The van der Waals surface area contributed by atoms with Gasteiger partial charge in [0.25, 0.3) is 0 Å². The monoisotopic (exact) mass is 428 g/mol. The molecule has 2 N–H and O–H groups in total. The number of nitrogens with zero attached hydrogens (tertiary/aromatic N) is 4. The fourth-order valence-corrected chi connectivity index (χ4v) is 4.54. The van der Waals surface area contributed by atoms with Crippen molar-refractivity contribution in [3.05, 3.63) is 36.8 Å². The Labute approximate surface area is 189 Å². The number of ether oxygens (including phenoxy) is 2. The number of aromatic nitrogens is 5. The summed E-state index contributed by atoms with van der Waals surface area (Å²) in [7, 11) is 8.00. The maximum absolute atomic E-state index is 6.15. The third-order valence-corrected chi connectivity index (χ3v) is 5.93. The maximum Gasteiger partial charge on any atom is 0.228 e. The Morgan fingerprint density at radius 2 is 1.97 bits per heavy atom. The molecule has 162 valence electrons. The summed E-state index contributed by atoms with van der Waals surface area (Å²) in [5.41, 5.74) is 3.85. The summed E-state index contributed by atoms with van der Waals surface area (Å²) >= 11 is 0. The molecule has 1 fully saturated rings. The summed E-state index contributed by atoms with van der Waals surface area (Å²) in [6.45, 7) is 0. The summed E-state index contributed by atoms with van der Waals surface area (Å²) in [4.78, 5) is 12.7. The van der Waals surface area contributed by atoms with E-state index in [0.717, 1.165) is 53.4 Å². The fraction of sp³-hybridized carbons (Fsp3) is 0.381. The molecule has 0 amide bonds. The lowest BCUT2D eigenvalue weighted by atomic mass is 9.52. The van der Waals surface area contributed by atoms with E-state index in [9.17, 15) is 0 Å². The van der Waals surface area contributed by atoms with Gasteiger partial charge in [0.1, 0.15) is 29.2 Å². The zero-order valence-electron chi connectivity index (χ0n) is 19.1. The Kier molecular flexibility index (Phi) is 5.37. The van der Waals surface area contributed by atoms with Gasteiger partial charge in [0, 0.05) is 30.2 Å². The molecule has 4 aromatic rings. The Balaban J connectivity index is 1.37. The van der Waals surface area contributed by atoms with E-state index in [1.165, 1.54) is 0 Å². The average molecular weight is 428 g/mol. The Bertz CT molecular complexity index is 1240. The Hall–Kier alpha value is -2.94. The van der Waals surface area contributed by atoms with Gasteiger partial charge in [0.05, 0.1) is 24.1 Å². The first kappa shape index (κ1) is 20.9. The van der Waals surface area contributed by atoms with Gasteiger partial charge in [-0.3, -0.25) is 0 Å². The third-order valence-electron chi connectivity index (χ3n) is 5.93. The minimum atomic E-state index is -0.0969. The van der Waals surface area contributed by atoms with Crippen LogP contribution in [-0.4, -0.2) is 72.7 Å². The number of hydrogen-bond acceptors (Lipinski definition) is 6. The van der Waals surface area contributed by atoms with Gasteiger partial charge in [-0.05, 0) is 54.7 Å². The lowest BCUT2D eigenvalue weighted by Crippen LogP contribution is -2.41. The smallest absolute Gasteiger partial charge is 0.228 e. The first-order valence-electron chi connectivity index (χ1n) is 11.2. The Morgan fingerprint density at radius 3 is 2.72 bits per heavy atom. The van der Waals surface area contributed by atoms with Crippen molar-refractivity contribution in [3.8, 4) is 17.0 Å². The molecule has 0 spiro atoms. The zero-order valence-corrected chi connectivity index (χ0v) is 19.1. The van der Waals surface area contributed by atoms with Crippen molar-refractivity contribution in [1.82, 2.24) is 24.6 Å². The van der Waals surface area contributed by atoms with Crippen molar-refractivity contribution in [2.75, 3.05) is 12.4 Å². The molecule has 4 aromatic heterocycles. The summed E-state index contributed by atoms with van der Waals surface area (Å²) in [5, 5.41) is 8.56. The lowest BCUT2D eigenvalue weighted by Gasteiger charge is -2.34. The van der Waals surface area contributed by atoms with Gasteiger partial charge in [-0.1, -0.05) is 0 Å². The van der Waals surface area contributed by atoms with E-state index in [1.807, 2.05) is 29.0 Å². The lowest BCUT2D eigenvalue weighted by molar-refractivity contribution is 0.0202. The van der Waals surface area contributed by atoms with Crippen molar-refractivity contribution in [3.63, 3.8) is 0 Å². The highest BCUT2D eigenvalue weighted by Gasteiger charge is 2.26. The largest absolute Gasteiger partial charge is 0.480 e. The van der Waals surface area contributed by atoms with Crippen LogP contribution in [0.15, 0.2) is 36.8 Å². The average Bonchev–Trinajstić information content (AvgIpc) is 3.40. The number of nitrogens with one attached hydrogen (secondary N) is 2. The minimum Gasteiger partial charge on any atom is -0.480 e. The molecule has 0 unspecified atom stereocenters. The van der Waals surface area contributed by atoms with Crippen LogP contribution < -0.4 is 10.1 Å². The van der Waals surface area contributed by atoms with Crippen molar-refractivity contribution >= 4 is 46.0 Å². The van der Waals surface area contributed by atoms with Crippen LogP contribution in [-0.2, 0) is 4.74 Å². The van der Waals surface area contributed by atoms with Crippen molar-refractivity contribution in [2.45, 2.75) is 43.1 Å². The second-order valence-electron chi connectivity index (χ2n) is 9.45. The van der Waals surface area contributed by atoms with Crippen molar-refractivity contribution < 1.29 is 9.47 Å². The van der Waals surface area contributed by atoms with Gasteiger partial charge in [-0.15, -0.1) is 0 Å². The first-order valence-corrected chi connectivity index (χ1v) is 11.2. The van der Waals surface area contributed by atoms with Gasteiger partial charge < -0.3 is 19.8 Å². The second kappa shape index (κ2) is 8.20. The van der Waals surface area contributed by atoms with E-state index in [2.05, 4.69) is 50.0 Å². The number of fused-ring (bicyclic) bond motifs is 2. The van der Waals surface area contributed by atoms with Gasteiger partial charge in [0.15, 0.2) is 0 Å². The van der Waals surface area contributed by atoms with Crippen LogP contribution in [0.2, 0.25) is 0 Å². The van der Waals surface area contributed by atoms with Crippen LogP contribution in [0.25, 0.3) is 27.7 Å². The van der Waals surface area contributed by atoms with Gasteiger partial charge in [0.2, 0.25) is 11.8 Å². The molecule has 32 heavy (non-hydrogen) atoms. The number of methoxy groups -OCH3 is 1. The maximum atomic E-state index is 6.15. The van der Waals surface area contributed by atoms with Crippen LogP contribution in [0.3, 0.4) is 0 Å². The molecule has 8 nitrogen and oxygen atoms in total. The van der Waals surface area contributed by atoms with Crippen LogP contribution in [0, 0.1) is 0 Å². The Morgan fingerprint density at radius 1 is 1.16 bits per heavy atom. The van der Waals surface area contributed by atoms with E-state index < -0.39 is 0 Å². The van der Waals surface area contributed by atoms with E-state index in [-0.39, 0.29) is 5.30 Å². The molecular weight excluding hydrogens is 401 g/mol. The number of rotatable bonds is 6. The molecule has 0 radical (unpaired) electrons. The van der Waals surface area contributed by atoms with E-state index in [0.29, 0.717) is 24.0 Å². The standard InChI is InChI=1S/C21H27B3N6O2/c1-31-19-17-16(12-7-9-30-14(10-12)6-8-26-30)11-25-18(17)28-20(29-19)27-13-2-4-15(5-3-13)32-21(22,23)24/h6-11,13,15H,2-5,22-24H2,1H3,(H2,25,27,28,29)/t13-,15-. The molecule has 11 heteroatoms. The number of aromatic amines is 1. The molecule has 4 heterocycles. The molecule has 0 saturated heterocycles. The molecule has 0 aromatic carbocycles. The number of anilines is 1. The number of pyridine rings is 1. The predicted octanol–water partition coefficient (Wildman–Crippen LogP) is 0.531. The van der Waals surface area contributed by atoms with Crippen LogP contribution in [0.5, 0.6) is 5.88 Å². The molecule has 1 aliphatic rings. The fourth-order valence-electron chi connectivity index (χ4n) is 4.54. The number of hydrogen-bond donors (Lipinski definition) is 2. The van der Waals surface area contributed by atoms with Gasteiger partial charge in [-0.25, -0.2) is 4.52 Å². The van der Waals surface area contributed by atoms with Crippen LogP contribution in [0.1, 0.15) is 25.7 Å². The quantitative estimate of drug-likeness (QED) is 0.436. The topological polar surface area (TPSA) is 89.4 Å². The summed E-state index contributed by atoms with van der Waals surface area (Å²) < 4.78 is 13.7. The minimum absolute atomic E-state index is 0.0969. The second-order valence-corrected chi connectivity index (χ2v) is 9.45. The normalized spacial score (nSPS) is 19.4. The third kappa shape index (κ3) is 4.21. The SMILES string of the molecule is BC(B)(B)O[C@H]1CC[C@H](Nc2nc(OC)c3c(-c4ccn5nccc5c4)c[nH]c3n2)CC1. The molecular formula is C21H27B3N6O2. The molecule has 5 rings (SSSR count). The molecule has 1 aliphatic carbocycles. The zero-order chi connectivity index (χ0) is 22.3. The van der Waals surface area contributed by atoms with Crippen LogP contribution >= 0.6 is 0 Å². The van der Waals surface area contributed by atoms with Gasteiger partial charge in [-0.2, -0.15) is 15.1 Å². The number of H-pyrrole nitrogens is 1. The highest BCUT2D eigenvalue weighted by Crippen LogP contribution is 2.35. The molecule has 1 saturated carbocycles. The predicted molar refractivity (Wildman–Crippen MR) is 134 cm³/mol. The van der Waals surface area contributed by atoms with Crippen LogP contribution in [0.4, 0.5) is 5.95 Å². The highest BCUT2D eigenvalue weighted by atomic mass is 16.5.